The maximum atomic E-state index is 13.9. The number of hydrogen-bond donors (Lipinski definition) is 1. The summed E-state index contributed by atoms with van der Waals surface area (Å²) in [5.41, 5.74) is 0.524. The van der Waals surface area contributed by atoms with E-state index in [1.54, 1.807) is 24.4 Å². The van der Waals surface area contributed by atoms with Gasteiger partial charge in [-0.15, -0.1) is 0 Å². The number of carbonyl (C=O) groups excluding carboxylic acids is 1. The van der Waals surface area contributed by atoms with E-state index < -0.39 is 11.7 Å². The second-order valence-corrected chi connectivity index (χ2v) is 6.83. The molecule has 0 radical (unpaired) electrons. The molecule has 0 unspecified atom stereocenters. The van der Waals surface area contributed by atoms with Crippen LogP contribution in [-0.4, -0.2) is 10.9 Å². The van der Waals surface area contributed by atoms with E-state index in [1.165, 1.54) is 23.9 Å². The highest BCUT2D eigenvalue weighted by Gasteiger charge is 2.15. The Hall–Kier alpha value is -2.18. The van der Waals surface area contributed by atoms with E-state index in [1.807, 2.05) is 30.3 Å². The lowest BCUT2D eigenvalue weighted by Gasteiger charge is -2.10. The SMILES string of the molecule is O=C(Nc1ccc(Br)cc1F)c1cccnc1Sc1ccccc1. The van der Waals surface area contributed by atoms with Gasteiger partial charge in [-0.05, 0) is 42.5 Å². The molecule has 0 aliphatic rings. The highest BCUT2D eigenvalue weighted by Crippen LogP contribution is 2.29. The van der Waals surface area contributed by atoms with Gasteiger partial charge in [0.1, 0.15) is 10.8 Å². The topological polar surface area (TPSA) is 42.0 Å². The van der Waals surface area contributed by atoms with Crippen LogP contribution in [0.3, 0.4) is 0 Å². The average molecular weight is 403 g/mol. The van der Waals surface area contributed by atoms with E-state index in [-0.39, 0.29) is 5.69 Å². The highest BCUT2D eigenvalue weighted by molar-refractivity contribution is 9.10. The molecule has 24 heavy (non-hydrogen) atoms. The lowest BCUT2D eigenvalue weighted by molar-refractivity contribution is 0.102. The standard InChI is InChI=1S/C18H12BrFN2OS/c19-12-8-9-16(15(20)11-12)22-17(23)14-7-4-10-21-18(14)24-13-5-2-1-3-6-13/h1-11H,(H,22,23). The first kappa shape index (κ1) is 16.7. The molecule has 3 aromatic rings. The number of amides is 1. The Morgan fingerprint density at radius 2 is 1.88 bits per heavy atom. The van der Waals surface area contributed by atoms with Crippen molar-refractivity contribution in [2.45, 2.75) is 9.92 Å². The summed E-state index contributed by atoms with van der Waals surface area (Å²) in [5.74, 6) is -0.901. The van der Waals surface area contributed by atoms with Crippen molar-refractivity contribution in [3.8, 4) is 0 Å². The van der Waals surface area contributed by atoms with E-state index in [0.717, 1.165) is 4.90 Å². The Balaban J connectivity index is 1.85. The van der Waals surface area contributed by atoms with Gasteiger partial charge in [0.25, 0.3) is 5.91 Å². The second kappa shape index (κ2) is 7.59. The third-order valence-electron chi connectivity index (χ3n) is 3.15. The summed E-state index contributed by atoms with van der Waals surface area (Å²) in [6, 6.07) is 17.5. The Labute approximate surface area is 151 Å². The minimum absolute atomic E-state index is 0.128. The summed E-state index contributed by atoms with van der Waals surface area (Å²) >= 11 is 4.58. The molecule has 2 aromatic carbocycles. The van der Waals surface area contributed by atoms with E-state index in [2.05, 4.69) is 26.2 Å². The van der Waals surface area contributed by atoms with Crippen LogP contribution < -0.4 is 5.32 Å². The first-order valence-electron chi connectivity index (χ1n) is 7.08. The third-order valence-corrected chi connectivity index (χ3v) is 4.67. The number of carbonyl (C=O) groups is 1. The van der Waals surface area contributed by atoms with Crippen molar-refractivity contribution in [1.29, 1.82) is 0 Å². The van der Waals surface area contributed by atoms with Gasteiger partial charge in [0, 0.05) is 15.6 Å². The van der Waals surface area contributed by atoms with Gasteiger partial charge < -0.3 is 5.32 Å². The van der Waals surface area contributed by atoms with Crippen molar-refractivity contribution in [1.82, 2.24) is 4.98 Å². The second-order valence-electron chi connectivity index (χ2n) is 4.85. The van der Waals surface area contributed by atoms with Crippen LogP contribution in [-0.2, 0) is 0 Å². The summed E-state index contributed by atoms with van der Waals surface area (Å²) in [6.45, 7) is 0. The van der Waals surface area contributed by atoms with Crippen LogP contribution in [0.5, 0.6) is 0 Å². The van der Waals surface area contributed by atoms with Crippen LogP contribution in [0.1, 0.15) is 10.4 Å². The number of nitrogens with one attached hydrogen (secondary N) is 1. The number of anilines is 1. The van der Waals surface area contributed by atoms with Crippen LogP contribution in [0.4, 0.5) is 10.1 Å². The van der Waals surface area contributed by atoms with Gasteiger partial charge in [0.2, 0.25) is 0 Å². The summed E-state index contributed by atoms with van der Waals surface area (Å²) in [7, 11) is 0. The molecular weight excluding hydrogens is 391 g/mol. The van der Waals surface area contributed by atoms with Crippen LogP contribution in [0.25, 0.3) is 0 Å². The van der Waals surface area contributed by atoms with Gasteiger partial charge in [0.15, 0.2) is 0 Å². The molecule has 6 heteroatoms. The average Bonchev–Trinajstić information content (AvgIpc) is 2.59. The van der Waals surface area contributed by atoms with Gasteiger partial charge in [-0.3, -0.25) is 4.79 Å². The number of nitrogens with zero attached hydrogens (tertiary/aromatic N) is 1. The smallest absolute Gasteiger partial charge is 0.258 e. The number of halogens is 2. The third kappa shape index (κ3) is 4.01. The van der Waals surface area contributed by atoms with Crippen molar-refractivity contribution < 1.29 is 9.18 Å². The summed E-state index contributed by atoms with van der Waals surface area (Å²) < 4.78 is 14.5. The molecule has 0 aliphatic carbocycles. The van der Waals surface area contributed by atoms with Crippen LogP contribution in [0, 0.1) is 5.82 Å². The molecule has 0 saturated carbocycles. The maximum Gasteiger partial charge on any atom is 0.258 e. The number of benzene rings is 2. The molecule has 0 bridgehead atoms. The van der Waals surface area contributed by atoms with Crippen molar-refractivity contribution >= 4 is 39.3 Å². The van der Waals surface area contributed by atoms with Crippen molar-refractivity contribution in [2.24, 2.45) is 0 Å². The molecular formula is C18H12BrFN2OS. The van der Waals surface area contributed by atoms with Gasteiger partial charge >= 0.3 is 0 Å². The van der Waals surface area contributed by atoms with Crippen molar-refractivity contribution in [2.75, 3.05) is 5.32 Å². The van der Waals surface area contributed by atoms with Crippen molar-refractivity contribution in [3.05, 3.63) is 82.7 Å². The predicted octanol–water partition coefficient (Wildman–Crippen LogP) is 5.39. The van der Waals surface area contributed by atoms with Gasteiger partial charge in [-0.1, -0.05) is 45.9 Å². The van der Waals surface area contributed by atoms with E-state index in [9.17, 15) is 9.18 Å². The fourth-order valence-corrected chi connectivity index (χ4v) is 3.26. The van der Waals surface area contributed by atoms with E-state index in [4.69, 9.17) is 0 Å². The highest BCUT2D eigenvalue weighted by atomic mass is 79.9. The van der Waals surface area contributed by atoms with E-state index >= 15 is 0 Å². The van der Waals surface area contributed by atoms with Crippen molar-refractivity contribution in [3.63, 3.8) is 0 Å². The summed E-state index contributed by atoms with van der Waals surface area (Å²) in [6.07, 6.45) is 1.63. The molecule has 0 atom stereocenters. The first-order valence-corrected chi connectivity index (χ1v) is 8.69. The fourth-order valence-electron chi connectivity index (χ4n) is 2.03. The molecule has 1 aromatic heterocycles. The zero-order valence-corrected chi connectivity index (χ0v) is 14.8. The predicted molar refractivity (Wildman–Crippen MR) is 96.9 cm³/mol. The van der Waals surface area contributed by atoms with Crippen LogP contribution in [0.2, 0.25) is 0 Å². The maximum absolute atomic E-state index is 13.9. The summed E-state index contributed by atoms with van der Waals surface area (Å²) in [5, 5.41) is 3.16. The zero-order valence-electron chi connectivity index (χ0n) is 12.4. The number of aromatic nitrogens is 1. The molecule has 1 N–H and O–H groups in total. The Kier molecular flexibility index (Phi) is 5.27. The Morgan fingerprint density at radius 3 is 2.62 bits per heavy atom. The quantitative estimate of drug-likeness (QED) is 0.636. The summed E-state index contributed by atoms with van der Waals surface area (Å²) in [4.78, 5) is 17.8. The number of pyridine rings is 1. The molecule has 3 rings (SSSR count). The molecule has 1 amide bonds. The lowest BCUT2D eigenvalue weighted by Crippen LogP contribution is -2.14. The van der Waals surface area contributed by atoms with Gasteiger partial charge in [-0.25, -0.2) is 9.37 Å². The fraction of sp³-hybridized carbons (Fsp3) is 0. The number of hydrogen-bond acceptors (Lipinski definition) is 3. The lowest BCUT2D eigenvalue weighted by atomic mass is 10.2. The first-order chi connectivity index (χ1) is 11.6. The normalized spacial score (nSPS) is 10.4. The monoisotopic (exact) mass is 402 g/mol. The largest absolute Gasteiger partial charge is 0.319 e. The Morgan fingerprint density at radius 1 is 1.08 bits per heavy atom. The zero-order chi connectivity index (χ0) is 16.9. The molecule has 1 heterocycles. The molecule has 0 spiro atoms. The molecule has 0 aliphatic heterocycles. The minimum atomic E-state index is -0.501. The van der Waals surface area contributed by atoms with Gasteiger partial charge in [0.05, 0.1) is 11.3 Å². The minimum Gasteiger partial charge on any atom is -0.319 e. The number of rotatable bonds is 4. The molecule has 120 valence electrons. The molecule has 0 saturated heterocycles. The van der Waals surface area contributed by atoms with E-state index in [0.29, 0.717) is 15.1 Å². The van der Waals surface area contributed by atoms with Crippen LogP contribution >= 0.6 is 27.7 Å². The Bertz CT molecular complexity index is 874. The molecule has 3 nitrogen and oxygen atoms in total. The van der Waals surface area contributed by atoms with Crippen LogP contribution in [0.15, 0.2) is 81.3 Å². The van der Waals surface area contributed by atoms with Gasteiger partial charge in [-0.2, -0.15) is 0 Å². The molecule has 0 fully saturated rings.